The lowest BCUT2D eigenvalue weighted by molar-refractivity contribution is -0.274. The number of esters is 1. The van der Waals surface area contributed by atoms with E-state index < -0.39 is 68.6 Å². The molecule has 12 bridgehead atoms. The maximum absolute atomic E-state index is 14.3. The highest BCUT2D eigenvalue weighted by Gasteiger charge is 2.70. The molecule has 0 heterocycles. The largest absolute Gasteiger partial charge is 0.508 e. The van der Waals surface area contributed by atoms with E-state index in [9.17, 15) is 34.5 Å². The zero-order valence-electron chi connectivity index (χ0n) is 29.4. The lowest BCUT2D eigenvalue weighted by Crippen LogP contribution is -2.68. The van der Waals surface area contributed by atoms with Crippen LogP contribution in [0.1, 0.15) is 116 Å². The fraction of sp³-hybridized carbons (Fsp3) is 0.895. The van der Waals surface area contributed by atoms with Crippen LogP contribution in [0.3, 0.4) is 0 Å². The van der Waals surface area contributed by atoms with Gasteiger partial charge in [0, 0.05) is 50.0 Å². The lowest BCUT2D eigenvalue weighted by atomic mass is 9.41. The Kier molecular flexibility index (Phi) is 6.94. The molecule has 12 atom stereocenters. The van der Waals surface area contributed by atoms with Gasteiger partial charge < -0.3 is 39.0 Å². The third-order valence-electron chi connectivity index (χ3n) is 15.3. The number of carbonyl (C=O) groups is 4. The van der Waals surface area contributed by atoms with Crippen molar-refractivity contribution in [2.45, 2.75) is 149 Å². The fourth-order valence-corrected chi connectivity index (χ4v) is 15.3. The van der Waals surface area contributed by atoms with Crippen LogP contribution in [-0.4, -0.2) is 100 Å². The molecule has 0 aromatic rings. The highest BCUT2D eigenvalue weighted by molar-refractivity contribution is 5.92. The van der Waals surface area contributed by atoms with Gasteiger partial charge in [-0.2, -0.15) is 0 Å². The van der Waals surface area contributed by atoms with E-state index >= 15 is 0 Å². The summed E-state index contributed by atoms with van der Waals surface area (Å²) in [4.78, 5) is 54.6. The molecule has 0 aromatic heterocycles. The van der Waals surface area contributed by atoms with Crippen LogP contribution in [0.15, 0.2) is 0 Å². The Balaban J connectivity index is 0.901. The molecule has 0 radical (unpaired) electrons. The number of carbonyl (C=O) groups excluding carboxylic acids is 4. The molecule has 0 amide bonds. The zero-order chi connectivity index (χ0) is 35.2. The molecule has 12 aliphatic carbocycles. The van der Waals surface area contributed by atoms with Gasteiger partial charge in [0.25, 0.3) is 0 Å². The number of rotatable bonds is 10. The van der Waals surface area contributed by atoms with Crippen LogP contribution in [-0.2, 0) is 38.1 Å². The van der Waals surface area contributed by atoms with Crippen LogP contribution in [0, 0.1) is 34.0 Å². The van der Waals surface area contributed by atoms with Crippen LogP contribution < -0.4 is 0 Å². The molecule has 12 aliphatic rings. The number of methoxy groups -OCH3 is 2. The minimum absolute atomic E-state index is 0.00963. The monoisotopic (exact) mass is 700 g/mol. The molecule has 0 aromatic carbocycles. The molecule has 0 aliphatic heterocycles. The second-order valence-electron chi connectivity index (χ2n) is 19.6. The first-order valence-electron chi connectivity index (χ1n) is 18.8. The second kappa shape index (κ2) is 10.3. The molecule has 0 spiro atoms. The van der Waals surface area contributed by atoms with E-state index in [1.54, 1.807) is 7.11 Å². The van der Waals surface area contributed by atoms with Gasteiger partial charge in [-0.25, -0.2) is 4.79 Å². The fourth-order valence-electron chi connectivity index (χ4n) is 15.3. The molecular formula is C38H52O12. The first-order valence-corrected chi connectivity index (χ1v) is 18.8. The summed E-state index contributed by atoms with van der Waals surface area (Å²) in [5.41, 5.74) is -8.27. The van der Waals surface area contributed by atoms with Crippen molar-refractivity contribution in [2.24, 2.45) is 34.0 Å². The van der Waals surface area contributed by atoms with E-state index in [2.05, 4.69) is 0 Å². The minimum Gasteiger partial charge on any atom is -0.457 e. The molecule has 12 rings (SSSR count). The second-order valence-corrected chi connectivity index (χ2v) is 19.6. The summed E-state index contributed by atoms with van der Waals surface area (Å²) >= 11 is 0. The number of ether oxygens (including phenoxy) is 5. The van der Waals surface area contributed by atoms with Crippen molar-refractivity contribution >= 4 is 23.7 Å². The molecule has 276 valence electrons. The quantitative estimate of drug-likeness (QED) is 0.284. The van der Waals surface area contributed by atoms with Gasteiger partial charge in [-0.3, -0.25) is 14.4 Å². The van der Waals surface area contributed by atoms with Crippen LogP contribution in [0.5, 0.6) is 0 Å². The maximum Gasteiger partial charge on any atom is 0.508 e. The Hall–Kier alpha value is -2.12. The summed E-state index contributed by atoms with van der Waals surface area (Å²) in [5, 5.41) is 34.7. The lowest BCUT2D eigenvalue weighted by Gasteiger charge is -2.64. The molecule has 50 heavy (non-hydrogen) atoms. The highest BCUT2D eigenvalue weighted by atomic mass is 16.7. The van der Waals surface area contributed by atoms with Gasteiger partial charge in [-0.15, -0.1) is 0 Å². The van der Waals surface area contributed by atoms with Gasteiger partial charge in [0.05, 0.1) is 40.5 Å². The normalized spacial score (nSPS) is 53.0. The number of hydrogen-bond donors (Lipinski definition) is 3. The smallest absolute Gasteiger partial charge is 0.457 e. The molecule has 12 heteroatoms. The summed E-state index contributed by atoms with van der Waals surface area (Å²) in [6.07, 6.45) is 7.95. The SMILES string of the molecule is COC(=O)OC12CC3CC(O)(C1)CC(C(=O)OCC(=O)C14CC5CC(O)(C1)CC(C(=O)COC16CC7CC(O)(CC(OC)(C7)C1)C6)(C5)C4)(C3)C2. The van der Waals surface area contributed by atoms with Gasteiger partial charge >= 0.3 is 12.1 Å². The molecule has 12 fully saturated rings. The first kappa shape index (κ1) is 33.7. The van der Waals surface area contributed by atoms with Crippen molar-refractivity contribution < 1.29 is 58.2 Å². The average Bonchev–Trinajstić information content (AvgIpc) is 2.98. The Morgan fingerprint density at radius 2 is 1.04 bits per heavy atom. The summed E-state index contributed by atoms with van der Waals surface area (Å²) < 4.78 is 28.8. The predicted octanol–water partition coefficient (Wildman–Crippen LogP) is 3.48. The van der Waals surface area contributed by atoms with E-state index in [4.69, 9.17) is 23.7 Å². The Bertz CT molecular complexity index is 1550. The first-order chi connectivity index (χ1) is 23.4. The molecule has 3 N–H and O–H groups in total. The standard InChI is InChI=1S/C38H52O12/c1-46-29(42)50-38-11-24-5-32(18-38,17-34(44,7-24)21-38)28(41)48-12-26(39)30-3-23-4-31(14-30,16-33(43,6-23)15-30)27(40)13-49-37-10-25-8-35(45,20-37)19-36(9-25,22-37)47-2/h23-25,43-45H,3-22H2,1-2H3. The number of Topliss-reactive ketones (excluding diaryl/α,β-unsaturated/α-hetero) is 2. The van der Waals surface area contributed by atoms with E-state index in [1.807, 2.05) is 0 Å². The minimum atomic E-state index is -1.17. The number of ketones is 2. The van der Waals surface area contributed by atoms with Crippen LogP contribution in [0.25, 0.3) is 0 Å². The molecule has 12 unspecified atom stereocenters. The highest BCUT2D eigenvalue weighted by Crippen LogP contribution is 2.68. The Labute approximate surface area is 292 Å². The van der Waals surface area contributed by atoms with Crippen LogP contribution in [0.4, 0.5) is 4.79 Å². The Morgan fingerprint density at radius 3 is 1.66 bits per heavy atom. The third kappa shape index (κ3) is 5.01. The van der Waals surface area contributed by atoms with Crippen molar-refractivity contribution in [1.82, 2.24) is 0 Å². The van der Waals surface area contributed by atoms with Crippen molar-refractivity contribution in [1.29, 1.82) is 0 Å². The molecule has 12 saturated carbocycles. The molecular weight excluding hydrogens is 648 g/mol. The van der Waals surface area contributed by atoms with Crippen molar-refractivity contribution in [3.63, 3.8) is 0 Å². The predicted molar refractivity (Wildman–Crippen MR) is 171 cm³/mol. The zero-order valence-corrected chi connectivity index (χ0v) is 29.4. The van der Waals surface area contributed by atoms with Gasteiger partial charge in [-0.05, 0) is 101 Å². The van der Waals surface area contributed by atoms with Gasteiger partial charge in [0.15, 0.2) is 18.2 Å². The van der Waals surface area contributed by atoms with Crippen molar-refractivity contribution in [3.8, 4) is 0 Å². The molecule has 0 saturated heterocycles. The van der Waals surface area contributed by atoms with Crippen molar-refractivity contribution in [3.05, 3.63) is 0 Å². The third-order valence-corrected chi connectivity index (χ3v) is 15.3. The summed E-state index contributed by atoms with van der Waals surface area (Å²) in [5.74, 6) is -0.704. The Morgan fingerprint density at radius 1 is 0.540 bits per heavy atom. The van der Waals surface area contributed by atoms with Crippen LogP contribution >= 0.6 is 0 Å². The number of hydrogen-bond acceptors (Lipinski definition) is 12. The summed E-state index contributed by atoms with van der Waals surface area (Å²) in [6.45, 7) is -0.604. The summed E-state index contributed by atoms with van der Waals surface area (Å²) in [7, 11) is 2.92. The van der Waals surface area contributed by atoms with Crippen molar-refractivity contribution in [2.75, 3.05) is 27.4 Å². The van der Waals surface area contributed by atoms with Crippen LogP contribution in [0.2, 0.25) is 0 Å². The van der Waals surface area contributed by atoms with Gasteiger partial charge in [-0.1, -0.05) is 0 Å². The number of aliphatic hydroxyl groups is 3. The topological polar surface area (TPSA) is 175 Å². The maximum atomic E-state index is 14.3. The van der Waals surface area contributed by atoms with E-state index in [0.29, 0.717) is 70.6 Å². The molecule has 12 nitrogen and oxygen atoms in total. The summed E-state index contributed by atoms with van der Waals surface area (Å²) in [6, 6.07) is 0. The van der Waals surface area contributed by atoms with Gasteiger partial charge in [0.1, 0.15) is 12.2 Å². The van der Waals surface area contributed by atoms with Gasteiger partial charge in [0.2, 0.25) is 0 Å². The average molecular weight is 701 g/mol. The van der Waals surface area contributed by atoms with E-state index in [-0.39, 0.29) is 61.6 Å². The van der Waals surface area contributed by atoms with E-state index in [0.717, 1.165) is 19.3 Å². The van der Waals surface area contributed by atoms with E-state index in [1.165, 1.54) is 7.11 Å².